The van der Waals surface area contributed by atoms with Crippen molar-refractivity contribution in [3.8, 4) is 0 Å². The molecule has 2 unspecified atom stereocenters. The summed E-state index contributed by atoms with van der Waals surface area (Å²) in [6, 6.07) is 9.98. The van der Waals surface area contributed by atoms with Crippen molar-refractivity contribution in [2.75, 3.05) is 18.5 Å². The maximum Gasteiger partial charge on any atom is 0.338 e. The van der Waals surface area contributed by atoms with Gasteiger partial charge in [-0.1, -0.05) is 24.3 Å². The van der Waals surface area contributed by atoms with Gasteiger partial charge in [-0.15, -0.1) is 0 Å². The lowest BCUT2D eigenvalue weighted by molar-refractivity contribution is -0.164. The fraction of sp³-hybridized carbons (Fsp3) is 0.407. The molecular weight excluding hydrogens is 481 g/mol. The van der Waals surface area contributed by atoms with Crippen LogP contribution in [0.15, 0.2) is 48.5 Å². The van der Waals surface area contributed by atoms with E-state index in [1.54, 1.807) is 64.1 Å². The number of rotatable bonds is 7. The first-order valence-electron chi connectivity index (χ1n) is 12.1. The summed E-state index contributed by atoms with van der Waals surface area (Å²) in [4.78, 5) is 51.9. The largest absolute Gasteiger partial charge is 0.462 e. The number of anilines is 1. The lowest BCUT2D eigenvalue weighted by Crippen LogP contribution is -2.48. The molecule has 2 aromatic rings. The summed E-state index contributed by atoms with van der Waals surface area (Å²) in [5, 5.41) is 5.03. The lowest BCUT2D eigenvalue weighted by atomic mass is 10.0. The number of esters is 2. The summed E-state index contributed by atoms with van der Waals surface area (Å²) in [6.45, 7) is 6.64. The third kappa shape index (κ3) is 7.28. The van der Waals surface area contributed by atoms with Crippen molar-refractivity contribution in [2.45, 2.75) is 58.2 Å². The molecule has 0 saturated carbocycles. The van der Waals surface area contributed by atoms with E-state index in [0.29, 0.717) is 24.1 Å². The molecule has 1 aliphatic heterocycles. The summed E-state index contributed by atoms with van der Waals surface area (Å²) in [6.07, 6.45) is 0.663. The zero-order valence-electron chi connectivity index (χ0n) is 21.4. The van der Waals surface area contributed by atoms with Crippen LogP contribution in [0.2, 0.25) is 0 Å². The van der Waals surface area contributed by atoms with E-state index < -0.39 is 53.9 Å². The van der Waals surface area contributed by atoms with Crippen molar-refractivity contribution in [3.05, 3.63) is 65.5 Å². The number of ether oxygens (including phenoxy) is 2. The molecule has 2 N–H and O–H groups in total. The monoisotopic (exact) mass is 513 g/mol. The van der Waals surface area contributed by atoms with E-state index in [1.165, 1.54) is 17.0 Å². The Morgan fingerprint density at radius 1 is 1.05 bits per heavy atom. The van der Waals surface area contributed by atoms with Crippen molar-refractivity contribution in [1.82, 2.24) is 10.2 Å². The zero-order valence-corrected chi connectivity index (χ0v) is 21.4. The number of carbonyl (C=O) groups is 4. The van der Waals surface area contributed by atoms with Gasteiger partial charge < -0.3 is 25.0 Å². The Labute approximate surface area is 215 Å². The summed E-state index contributed by atoms with van der Waals surface area (Å²) in [7, 11) is 0. The van der Waals surface area contributed by atoms with Gasteiger partial charge in [0.1, 0.15) is 17.5 Å². The average molecular weight is 514 g/mol. The number of amides is 3. The maximum atomic E-state index is 14.6. The summed E-state index contributed by atoms with van der Waals surface area (Å²) < 4.78 is 25.1. The standard InChI is InChI=1S/C27H32FN3O6/c1-5-36-24(33)17-9-8-10-18(15-17)30-26(35)29-16-23(32)31-21(19-11-6-7-12-20(19)28)13-14-22(31)25(34)37-27(2,3)4/h6-12,15,21-22H,5,13-14,16H2,1-4H3,(H2,29,30,35). The number of urea groups is 1. The van der Waals surface area contributed by atoms with Crippen molar-refractivity contribution >= 4 is 29.6 Å². The van der Waals surface area contributed by atoms with Crippen molar-refractivity contribution in [3.63, 3.8) is 0 Å². The highest BCUT2D eigenvalue weighted by atomic mass is 19.1. The molecule has 1 fully saturated rings. The molecule has 0 aromatic heterocycles. The SMILES string of the molecule is CCOC(=O)c1cccc(NC(=O)NCC(=O)N2C(C(=O)OC(C)(C)C)CCC2c2ccccc2F)c1. The number of hydrogen-bond donors (Lipinski definition) is 2. The van der Waals surface area contributed by atoms with Gasteiger partial charge in [-0.3, -0.25) is 4.79 Å². The van der Waals surface area contributed by atoms with E-state index in [1.807, 2.05) is 0 Å². The minimum Gasteiger partial charge on any atom is -0.462 e. The third-order valence-electron chi connectivity index (χ3n) is 5.65. The second-order valence-electron chi connectivity index (χ2n) is 9.57. The van der Waals surface area contributed by atoms with E-state index in [4.69, 9.17) is 9.47 Å². The highest BCUT2D eigenvalue weighted by molar-refractivity contribution is 5.95. The molecule has 1 aliphatic rings. The zero-order chi connectivity index (χ0) is 27.2. The minimum atomic E-state index is -0.914. The van der Waals surface area contributed by atoms with Gasteiger partial charge in [-0.05, 0) is 64.8 Å². The topological polar surface area (TPSA) is 114 Å². The molecule has 9 nitrogen and oxygen atoms in total. The first-order chi connectivity index (χ1) is 17.5. The summed E-state index contributed by atoms with van der Waals surface area (Å²) in [5.41, 5.74) is 0.119. The second-order valence-corrected chi connectivity index (χ2v) is 9.57. The number of nitrogens with zero attached hydrogens (tertiary/aromatic N) is 1. The van der Waals surface area contributed by atoms with E-state index in [2.05, 4.69) is 10.6 Å². The van der Waals surface area contributed by atoms with Crippen molar-refractivity contribution < 1.29 is 33.0 Å². The molecule has 0 radical (unpaired) electrons. The summed E-state index contributed by atoms with van der Waals surface area (Å²) >= 11 is 0. The second kappa shape index (κ2) is 11.9. The number of benzene rings is 2. The Balaban J connectivity index is 1.72. The van der Waals surface area contributed by atoms with E-state index in [9.17, 15) is 23.6 Å². The van der Waals surface area contributed by atoms with Gasteiger partial charge in [0.2, 0.25) is 5.91 Å². The van der Waals surface area contributed by atoms with Gasteiger partial charge in [0.15, 0.2) is 0 Å². The molecular formula is C27H32FN3O6. The van der Waals surface area contributed by atoms with Gasteiger partial charge in [0.25, 0.3) is 0 Å². The molecule has 0 aliphatic carbocycles. The number of carbonyl (C=O) groups excluding carboxylic acids is 4. The van der Waals surface area contributed by atoms with Gasteiger partial charge in [0.05, 0.1) is 24.8 Å². The Morgan fingerprint density at radius 3 is 2.46 bits per heavy atom. The first kappa shape index (κ1) is 27.6. The normalized spacial score (nSPS) is 17.2. The quantitative estimate of drug-likeness (QED) is 0.537. The Hall–Kier alpha value is -3.95. The minimum absolute atomic E-state index is 0.216. The van der Waals surface area contributed by atoms with Gasteiger partial charge in [0, 0.05) is 11.3 Å². The molecule has 1 heterocycles. The predicted octanol–water partition coefficient (Wildman–Crippen LogP) is 4.20. The Morgan fingerprint density at radius 2 is 1.78 bits per heavy atom. The first-order valence-corrected chi connectivity index (χ1v) is 12.1. The molecule has 3 rings (SSSR count). The van der Waals surface area contributed by atoms with Gasteiger partial charge in [-0.25, -0.2) is 18.8 Å². The molecule has 10 heteroatoms. The van der Waals surface area contributed by atoms with Crippen LogP contribution in [0.3, 0.4) is 0 Å². The highest BCUT2D eigenvalue weighted by Gasteiger charge is 2.44. The Bertz CT molecular complexity index is 1160. The third-order valence-corrected chi connectivity index (χ3v) is 5.65. The fourth-order valence-electron chi connectivity index (χ4n) is 4.17. The van der Waals surface area contributed by atoms with E-state index in [-0.39, 0.29) is 12.2 Å². The van der Waals surface area contributed by atoms with E-state index >= 15 is 0 Å². The van der Waals surface area contributed by atoms with Crippen LogP contribution in [-0.4, -0.2) is 53.6 Å². The van der Waals surface area contributed by atoms with Crippen LogP contribution in [0, 0.1) is 5.82 Å². The molecule has 0 spiro atoms. The van der Waals surface area contributed by atoms with Crippen LogP contribution < -0.4 is 10.6 Å². The predicted molar refractivity (Wildman–Crippen MR) is 134 cm³/mol. The summed E-state index contributed by atoms with van der Waals surface area (Å²) in [5.74, 6) is -2.15. The van der Waals surface area contributed by atoms with Crippen LogP contribution >= 0.6 is 0 Å². The maximum absolute atomic E-state index is 14.6. The van der Waals surface area contributed by atoms with Crippen LogP contribution in [0.25, 0.3) is 0 Å². The van der Waals surface area contributed by atoms with E-state index in [0.717, 1.165) is 0 Å². The fourth-order valence-corrected chi connectivity index (χ4v) is 4.17. The average Bonchev–Trinajstić information content (AvgIpc) is 3.27. The smallest absolute Gasteiger partial charge is 0.338 e. The number of likely N-dealkylation sites (tertiary alicyclic amines) is 1. The molecule has 2 atom stereocenters. The van der Waals surface area contributed by atoms with Crippen LogP contribution in [-0.2, 0) is 19.1 Å². The highest BCUT2D eigenvalue weighted by Crippen LogP contribution is 2.38. The van der Waals surface area contributed by atoms with Crippen LogP contribution in [0.4, 0.5) is 14.9 Å². The molecule has 198 valence electrons. The lowest BCUT2D eigenvalue weighted by Gasteiger charge is -2.31. The number of hydrogen-bond acceptors (Lipinski definition) is 6. The van der Waals surface area contributed by atoms with Gasteiger partial charge >= 0.3 is 18.0 Å². The number of nitrogens with one attached hydrogen (secondary N) is 2. The molecule has 2 aromatic carbocycles. The Kier molecular flexibility index (Phi) is 8.86. The van der Waals surface area contributed by atoms with Crippen molar-refractivity contribution in [1.29, 1.82) is 0 Å². The van der Waals surface area contributed by atoms with Crippen LogP contribution in [0.1, 0.15) is 62.5 Å². The van der Waals surface area contributed by atoms with Crippen molar-refractivity contribution in [2.24, 2.45) is 0 Å². The van der Waals surface area contributed by atoms with Gasteiger partial charge in [-0.2, -0.15) is 0 Å². The molecule has 0 bridgehead atoms. The van der Waals surface area contributed by atoms with Crippen LogP contribution in [0.5, 0.6) is 0 Å². The number of halogens is 1. The molecule has 37 heavy (non-hydrogen) atoms. The molecule has 3 amide bonds. The molecule has 1 saturated heterocycles.